The number of anilines is 4. The third-order valence-electron chi connectivity index (χ3n) is 3.48. The van der Waals surface area contributed by atoms with Gasteiger partial charge in [-0.1, -0.05) is 0 Å². The average molecular weight is 354 g/mol. The second-order valence-corrected chi connectivity index (χ2v) is 6.06. The van der Waals surface area contributed by atoms with E-state index in [1.807, 2.05) is 31.1 Å². The monoisotopic (exact) mass is 354 g/mol. The average Bonchev–Trinajstić information content (AvgIpc) is 2.53. The van der Waals surface area contributed by atoms with Crippen molar-refractivity contribution in [1.29, 1.82) is 0 Å². The van der Waals surface area contributed by atoms with Gasteiger partial charge in [0.25, 0.3) is 5.91 Å². The molecule has 0 aliphatic rings. The quantitative estimate of drug-likeness (QED) is 0.770. The van der Waals surface area contributed by atoms with Gasteiger partial charge in [0.1, 0.15) is 0 Å². The molecule has 0 aliphatic carbocycles. The first kappa shape index (κ1) is 19.0. The van der Waals surface area contributed by atoms with Crippen LogP contribution in [0, 0.1) is 0 Å². The van der Waals surface area contributed by atoms with Crippen LogP contribution in [0.4, 0.5) is 22.7 Å². The summed E-state index contributed by atoms with van der Waals surface area (Å²) in [6.45, 7) is 2.74. The first-order chi connectivity index (χ1) is 12.2. The summed E-state index contributed by atoms with van der Waals surface area (Å²) in [7, 11) is 3.87. The Labute approximate surface area is 152 Å². The minimum absolute atomic E-state index is 0.268. The van der Waals surface area contributed by atoms with Crippen LogP contribution in [-0.2, 0) is 9.59 Å². The van der Waals surface area contributed by atoms with Crippen LogP contribution in [-0.4, -0.2) is 31.8 Å². The molecule has 2 aromatic rings. The summed E-state index contributed by atoms with van der Waals surface area (Å²) in [5, 5.41) is 8.05. The standard InChI is InChI=1S/C19H22N4O3/c1-12(24)20-16-9-14(10-17(11-16)21-13(2)25)19(26)22-15-5-7-18(8-6-15)23(3)4/h5-11H,1-4H3,(H,20,24)(H,21,25)(H,22,26). The molecule has 0 fully saturated rings. The van der Waals surface area contributed by atoms with Crippen LogP contribution in [0.5, 0.6) is 0 Å². The second kappa shape index (κ2) is 8.15. The van der Waals surface area contributed by atoms with E-state index in [1.54, 1.807) is 30.3 Å². The molecule has 0 aliphatic heterocycles. The smallest absolute Gasteiger partial charge is 0.255 e. The molecule has 2 aromatic carbocycles. The van der Waals surface area contributed by atoms with E-state index in [-0.39, 0.29) is 17.7 Å². The number of benzene rings is 2. The highest BCUT2D eigenvalue weighted by Gasteiger charge is 2.11. The highest BCUT2D eigenvalue weighted by molar-refractivity contribution is 6.06. The molecule has 0 radical (unpaired) electrons. The van der Waals surface area contributed by atoms with E-state index in [2.05, 4.69) is 16.0 Å². The number of nitrogens with one attached hydrogen (secondary N) is 3. The Hall–Kier alpha value is -3.35. The molecule has 3 amide bonds. The van der Waals surface area contributed by atoms with Gasteiger partial charge in [-0.05, 0) is 42.5 Å². The van der Waals surface area contributed by atoms with Gasteiger partial charge >= 0.3 is 0 Å². The van der Waals surface area contributed by atoms with Gasteiger partial charge in [-0.3, -0.25) is 14.4 Å². The number of amides is 3. The van der Waals surface area contributed by atoms with Gasteiger partial charge in [0.2, 0.25) is 11.8 Å². The second-order valence-electron chi connectivity index (χ2n) is 6.06. The van der Waals surface area contributed by atoms with Gasteiger partial charge in [0, 0.05) is 56.3 Å². The molecule has 136 valence electrons. The zero-order chi connectivity index (χ0) is 19.3. The molecule has 0 saturated carbocycles. The molecule has 2 rings (SSSR count). The maximum atomic E-state index is 12.6. The summed E-state index contributed by atoms with van der Waals surface area (Å²) < 4.78 is 0. The van der Waals surface area contributed by atoms with Crippen molar-refractivity contribution >= 4 is 40.5 Å². The zero-order valence-corrected chi connectivity index (χ0v) is 15.2. The molecule has 0 bridgehead atoms. The van der Waals surface area contributed by atoms with Crippen molar-refractivity contribution in [3.8, 4) is 0 Å². The number of hydrogen-bond acceptors (Lipinski definition) is 4. The Morgan fingerprint density at radius 2 is 1.23 bits per heavy atom. The van der Waals surface area contributed by atoms with E-state index >= 15 is 0 Å². The molecule has 0 saturated heterocycles. The molecule has 0 aromatic heterocycles. The molecular weight excluding hydrogens is 332 g/mol. The third kappa shape index (κ3) is 5.34. The molecule has 0 heterocycles. The summed E-state index contributed by atoms with van der Waals surface area (Å²) in [6, 6.07) is 12.1. The van der Waals surface area contributed by atoms with Crippen LogP contribution in [0.1, 0.15) is 24.2 Å². The third-order valence-corrected chi connectivity index (χ3v) is 3.48. The summed E-state index contributed by atoms with van der Waals surface area (Å²) in [6.07, 6.45) is 0. The van der Waals surface area contributed by atoms with Crippen LogP contribution >= 0.6 is 0 Å². The van der Waals surface area contributed by atoms with E-state index < -0.39 is 0 Å². The molecule has 26 heavy (non-hydrogen) atoms. The van der Waals surface area contributed by atoms with E-state index in [0.29, 0.717) is 22.6 Å². The highest BCUT2D eigenvalue weighted by atomic mass is 16.2. The summed E-state index contributed by atoms with van der Waals surface area (Å²) in [5.74, 6) is -0.882. The Balaban J connectivity index is 2.25. The van der Waals surface area contributed by atoms with Gasteiger partial charge in [-0.2, -0.15) is 0 Å². The zero-order valence-electron chi connectivity index (χ0n) is 15.2. The van der Waals surface area contributed by atoms with E-state index in [9.17, 15) is 14.4 Å². The van der Waals surface area contributed by atoms with Gasteiger partial charge < -0.3 is 20.9 Å². The molecule has 0 unspecified atom stereocenters. The lowest BCUT2D eigenvalue weighted by Gasteiger charge is -2.14. The molecule has 0 spiro atoms. The van der Waals surface area contributed by atoms with Gasteiger partial charge in [0.05, 0.1) is 0 Å². The van der Waals surface area contributed by atoms with Gasteiger partial charge in [-0.25, -0.2) is 0 Å². The Bertz CT molecular complexity index is 795. The van der Waals surface area contributed by atoms with Crippen LogP contribution in [0.2, 0.25) is 0 Å². The van der Waals surface area contributed by atoms with Crippen molar-refractivity contribution in [3.05, 3.63) is 48.0 Å². The number of rotatable bonds is 5. The van der Waals surface area contributed by atoms with Gasteiger partial charge in [-0.15, -0.1) is 0 Å². The van der Waals surface area contributed by atoms with Crippen LogP contribution in [0.15, 0.2) is 42.5 Å². The highest BCUT2D eigenvalue weighted by Crippen LogP contribution is 2.21. The predicted molar refractivity (Wildman–Crippen MR) is 104 cm³/mol. The number of nitrogens with zero attached hydrogens (tertiary/aromatic N) is 1. The lowest BCUT2D eigenvalue weighted by atomic mass is 10.1. The van der Waals surface area contributed by atoms with Crippen LogP contribution in [0.25, 0.3) is 0 Å². The minimum atomic E-state index is -0.346. The Morgan fingerprint density at radius 3 is 1.65 bits per heavy atom. The van der Waals surface area contributed by atoms with Crippen molar-refractivity contribution in [2.45, 2.75) is 13.8 Å². The Kier molecular flexibility index (Phi) is 5.95. The van der Waals surface area contributed by atoms with Crippen molar-refractivity contribution in [1.82, 2.24) is 0 Å². The fourth-order valence-corrected chi connectivity index (χ4v) is 2.36. The van der Waals surface area contributed by atoms with Crippen molar-refractivity contribution < 1.29 is 14.4 Å². The largest absolute Gasteiger partial charge is 0.378 e. The lowest BCUT2D eigenvalue weighted by molar-refractivity contribution is -0.115. The maximum Gasteiger partial charge on any atom is 0.255 e. The number of carbonyl (C=O) groups excluding carboxylic acids is 3. The van der Waals surface area contributed by atoms with Crippen LogP contribution in [0.3, 0.4) is 0 Å². The molecule has 7 nitrogen and oxygen atoms in total. The van der Waals surface area contributed by atoms with E-state index in [4.69, 9.17) is 0 Å². The number of hydrogen-bond donors (Lipinski definition) is 3. The molecule has 7 heteroatoms. The lowest BCUT2D eigenvalue weighted by Crippen LogP contribution is -2.15. The summed E-state index contributed by atoms with van der Waals surface area (Å²) in [5.41, 5.74) is 2.83. The topological polar surface area (TPSA) is 90.5 Å². The SMILES string of the molecule is CC(=O)Nc1cc(NC(C)=O)cc(C(=O)Nc2ccc(N(C)C)cc2)c1. The minimum Gasteiger partial charge on any atom is -0.378 e. The molecule has 3 N–H and O–H groups in total. The fourth-order valence-electron chi connectivity index (χ4n) is 2.36. The van der Waals surface area contributed by atoms with Gasteiger partial charge in [0.15, 0.2) is 0 Å². The predicted octanol–water partition coefficient (Wildman–Crippen LogP) is 2.92. The first-order valence-electron chi connectivity index (χ1n) is 8.03. The Morgan fingerprint density at radius 1 is 0.731 bits per heavy atom. The summed E-state index contributed by atoms with van der Waals surface area (Å²) >= 11 is 0. The van der Waals surface area contributed by atoms with E-state index in [0.717, 1.165) is 5.69 Å². The van der Waals surface area contributed by atoms with E-state index in [1.165, 1.54) is 13.8 Å². The van der Waals surface area contributed by atoms with Crippen molar-refractivity contribution in [2.75, 3.05) is 34.9 Å². The first-order valence-corrected chi connectivity index (χ1v) is 8.03. The molecule has 0 atom stereocenters. The summed E-state index contributed by atoms with van der Waals surface area (Å²) in [4.78, 5) is 37.1. The molecular formula is C19H22N4O3. The van der Waals surface area contributed by atoms with Crippen LogP contribution < -0.4 is 20.9 Å². The normalized spacial score (nSPS) is 10.0. The van der Waals surface area contributed by atoms with Crippen molar-refractivity contribution in [3.63, 3.8) is 0 Å². The number of carbonyl (C=O) groups is 3. The maximum absolute atomic E-state index is 12.6. The van der Waals surface area contributed by atoms with Crippen molar-refractivity contribution in [2.24, 2.45) is 0 Å². The fraction of sp³-hybridized carbons (Fsp3) is 0.211.